The molecule has 1 aromatic carbocycles. The van der Waals surface area contributed by atoms with Crippen molar-refractivity contribution in [2.24, 2.45) is 5.92 Å². The predicted octanol–water partition coefficient (Wildman–Crippen LogP) is 2.59. The number of rotatable bonds is 6. The average molecular weight is 318 g/mol. The Bertz CT molecular complexity index is 596. The average Bonchev–Trinajstić information content (AvgIpc) is 2.47. The molecular weight excluding hydrogens is 292 g/mol. The van der Waals surface area contributed by atoms with Gasteiger partial charge in [0.1, 0.15) is 5.75 Å². The molecule has 0 N–H and O–H groups in total. The van der Waals surface area contributed by atoms with Crippen molar-refractivity contribution >= 4 is 17.4 Å². The van der Waals surface area contributed by atoms with Gasteiger partial charge >= 0.3 is 0 Å². The first-order chi connectivity index (χ1) is 10.8. The lowest BCUT2D eigenvalue weighted by Crippen LogP contribution is -2.49. The summed E-state index contributed by atoms with van der Waals surface area (Å²) in [5.41, 5.74) is 1.30. The number of hydrogen-bond acceptors (Lipinski definition) is 4. The highest BCUT2D eigenvalue weighted by Gasteiger charge is 2.36. The van der Waals surface area contributed by atoms with Gasteiger partial charge in [0.05, 0.1) is 5.69 Å². The van der Waals surface area contributed by atoms with Gasteiger partial charge in [-0.05, 0) is 58.1 Å². The van der Waals surface area contributed by atoms with E-state index in [1.54, 1.807) is 23.1 Å². The van der Waals surface area contributed by atoms with Crippen molar-refractivity contribution in [2.75, 3.05) is 32.1 Å². The van der Waals surface area contributed by atoms with E-state index >= 15 is 0 Å². The van der Waals surface area contributed by atoms with E-state index in [4.69, 9.17) is 4.74 Å². The summed E-state index contributed by atoms with van der Waals surface area (Å²) in [7, 11) is 4.03. The van der Waals surface area contributed by atoms with E-state index in [-0.39, 0.29) is 17.6 Å². The monoisotopic (exact) mass is 318 g/mol. The normalized spacial score (nSPS) is 17.4. The van der Waals surface area contributed by atoms with Crippen LogP contribution in [0.25, 0.3) is 0 Å². The number of carbonyl (C=O) groups is 2. The molecule has 0 saturated carbocycles. The highest BCUT2D eigenvalue weighted by Crippen LogP contribution is 2.36. The molecule has 0 fully saturated rings. The molecular formula is C18H26N2O3. The van der Waals surface area contributed by atoms with Crippen LogP contribution in [0.4, 0.5) is 5.69 Å². The van der Waals surface area contributed by atoms with Crippen LogP contribution in [0.3, 0.4) is 0 Å². The van der Waals surface area contributed by atoms with Gasteiger partial charge in [0.15, 0.2) is 11.9 Å². The van der Waals surface area contributed by atoms with E-state index in [1.165, 1.54) is 6.92 Å². The Morgan fingerprint density at radius 2 is 2.04 bits per heavy atom. The van der Waals surface area contributed by atoms with Crippen LogP contribution in [0.1, 0.15) is 37.6 Å². The number of amides is 1. The molecule has 0 radical (unpaired) electrons. The first-order valence-electron chi connectivity index (χ1n) is 8.09. The predicted molar refractivity (Wildman–Crippen MR) is 91.2 cm³/mol. The number of fused-ring (bicyclic) bond motifs is 1. The highest BCUT2D eigenvalue weighted by molar-refractivity contribution is 6.02. The first-order valence-corrected chi connectivity index (χ1v) is 8.09. The van der Waals surface area contributed by atoms with Crippen molar-refractivity contribution in [3.05, 3.63) is 23.8 Å². The molecule has 5 nitrogen and oxygen atoms in total. The second kappa shape index (κ2) is 7.13. The van der Waals surface area contributed by atoms with E-state index < -0.39 is 6.10 Å². The Labute approximate surface area is 138 Å². The lowest BCUT2D eigenvalue weighted by Gasteiger charge is -2.36. The van der Waals surface area contributed by atoms with Gasteiger partial charge in [0.25, 0.3) is 5.91 Å². The molecule has 0 bridgehead atoms. The quantitative estimate of drug-likeness (QED) is 0.757. The molecule has 1 atom stereocenters. The van der Waals surface area contributed by atoms with Crippen molar-refractivity contribution in [2.45, 2.75) is 33.3 Å². The number of anilines is 1. The number of carbonyl (C=O) groups excluding carboxylic acids is 2. The van der Waals surface area contributed by atoms with E-state index in [0.717, 1.165) is 13.0 Å². The minimum absolute atomic E-state index is 0.0144. The van der Waals surface area contributed by atoms with Crippen molar-refractivity contribution in [3.8, 4) is 5.75 Å². The van der Waals surface area contributed by atoms with Crippen LogP contribution in [0, 0.1) is 5.92 Å². The zero-order chi connectivity index (χ0) is 17.1. The van der Waals surface area contributed by atoms with Crippen LogP contribution in [0.15, 0.2) is 18.2 Å². The molecule has 0 spiro atoms. The number of nitrogens with zero attached hydrogens (tertiary/aromatic N) is 2. The molecule has 126 valence electrons. The molecule has 1 amide bonds. The number of hydrogen-bond donors (Lipinski definition) is 0. The molecule has 1 aliphatic rings. The van der Waals surface area contributed by atoms with Gasteiger partial charge in [0, 0.05) is 12.1 Å². The molecule has 0 aliphatic carbocycles. The first kappa shape index (κ1) is 17.5. The lowest BCUT2D eigenvalue weighted by molar-refractivity contribution is -0.128. The van der Waals surface area contributed by atoms with Crippen LogP contribution in [-0.4, -0.2) is 49.9 Å². The Morgan fingerprint density at radius 1 is 1.35 bits per heavy atom. The minimum Gasteiger partial charge on any atom is -0.478 e. The van der Waals surface area contributed by atoms with Gasteiger partial charge in [0.2, 0.25) is 0 Å². The Hall–Kier alpha value is -1.88. The molecule has 0 saturated heterocycles. The van der Waals surface area contributed by atoms with Crippen molar-refractivity contribution < 1.29 is 14.3 Å². The molecule has 23 heavy (non-hydrogen) atoms. The standard InChI is InChI=1S/C18H26N2O3/c1-12(2)17-18(22)20(10-6-9-19(4)5)15-11-14(13(3)21)7-8-16(15)23-17/h7-8,11-12,17H,6,9-10H2,1-5H3. The highest BCUT2D eigenvalue weighted by atomic mass is 16.5. The van der Waals surface area contributed by atoms with Gasteiger partial charge in [-0.1, -0.05) is 13.8 Å². The summed E-state index contributed by atoms with van der Waals surface area (Å²) in [6, 6.07) is 5.32. The number of ether oxygens (including phenoxy) is 1. The Kier molecular flexibility index (Phi) is 5.42. The van der Waals surface area contributed by atoms with Crippen LogP contribution >= 0.6 is 0 Å². The third-order valence-corrected chi connectivity index (χ3v) is 4.01. The van der Waals surface area contributed by atoms with Crippen LogP contribution in [0.5, 0.6) is 5.75 Å². The van der Waals surface area contributed by atoms with Crippen LogP contribution in [0.2, 0.25) is 0 Å². The molecule has 5 heteroatoms. The Balaban J connectivity index is 2.34. The van der Waals surface area contributed by atoms with Gasteiger partial charge in [-0.3, -0.25) is 9.59 Å². The summed E-state index contributed by atoms with van der Waals surface area (Å²) in [5, 5.41) is 0. The lowest BCUT2D eigenvalue weighted by atomic mass is 10.0. The molecule has 1 aromatic rings. The van der Waals surface area contributed by atoms with E-state index in [0.29, 0.717) is 23.5 Å². The van der Waals surface area contributed by atoms with Crippen molar-refractivity contribution in [3.63, 3.8) is 0 Å². The fourth-order valence-electron chi connectivity index (χ4n) is 2.70. The number of Topliss-reactive ketones (excluding diaryl/α,β-unsaturated/α-hetero) is 1. The van der Waals surface area contributed by atoms with Gasteiger partial charge in [-0.15, -0.1) is 0 Å². The SMILES string of the molecule is CC(=O)c1ccc2c(c1)N(CCCN(C)C)C(=O)C(C(C)C)O2. The van der Waals surface area contributed by atoms with Gasteiger partial charge in [-0.2, -0.15) is 0 Å². The Morgan fingerprint density at radius 3 is 2.61 bits per heavy atom. The smallest absolute Gasteiger partial charge is 0.268 e. The second-order valence-electron chi connectivity index (χ2n) is 6.67. The maximum Gasteiger partial charge on any atom is 0.268 e. The van der Waals surface area contributed by atoms with Gasteiger partial charge < -0.3 is 14.5 Å². The largest absolute Gasteiger partial charge is 0.478 e. The summed E-state index contributed by atoms with van der Waals surface area (Å²) < 4.78 is 5.89. The van der Waals surface area contributed by atoms with E-state index in [2.05, 4.69) is 4.90 Å². The summed E-state index contributed by atoms with van der Waals surface area (Å²) in [4.78, 5) is 28.3. The van der Waals surface area contributed by atoms with Crippen molar-refractivity contribution in [1.29, 1.82) is 0 Å². The second-order valence-corrected chi connectivity index (χ2v) is 6.67. The van der Waals surface area contributed by atoms with Gasteiger partial charge in [-0.25, -0.2) is 0 Å². The summed E-state index contributed by atoms with van der Waals surface area (Å²) in [6.45, 7) is 7.02. The molecule has 1 heterocycles. The summed E-state index contributed by atoms with van der Waals surface area (Å²) in [6.07, 6.45) is 0.401. The molecule has 2 rings (SSSR count). The third-order valence-electron chi connectivity index (χ3n) is 4.01. The number of ketones is 1. The zero-order valence-electron chi connectivity index (χ0n) is 14.6. The molecule has 0 aromatic heterocycles. The maximum atomic E-state index is 12.8. The zero-order valence-corrected chi connectivity index (χ0v) is 14.6. The fraction of sp³-hybridized carbons (Fsp3) is 0.556. The van der Waals surface area contributed by atoms with E-state index in [1.807, 2.05) is 27.9 Å². The summed E-state index contributed by atoms with van der Waals surface area (Å²) >= 11 is 0. The molecule has 1 aliphatic heterocycles. The van der Waals surface area contributed by atoms with Crippen molar-refractivity contribution in [1.82, 2.24) is 4.90 Å². The van der Waals surface area contributed by atoms with Crippen LogP contribution in [-0.2, 0) is 4.79 Å². The minimum atomic E-state index is -0.468. The topological polar surface area (TPSA) is 49.9 Å². The van der Waals surface area contributed by atoms with E-state index in [9.17, 15) is 9.59 Å². The maximum absolute atomic E-state index is 12.8. The van der Waals surface area contributed by atoms with Crippen LogP contribution < -0.4 is 9.64 Å². The molecule has 1 unspecified atom stereocenters. The fourth-order valence-corrected chi connectivity index (χ4v) is 2.70. The number of benzene rings is 1. The summed E-state index contributed by atoms with van der Waals surface area (Å²) in [5.74, 6) is 0.740. The third kappa shape index (κ3) is 3.91.